The van der Waals surface area contributed by atoms with Crippen LogP contribution >= 0.6 is 27.7 Å². The van der Waals surface area contributed by atoms with E-state index in [-0.39, 0.29) is 4.75 Å². The molecule has 0 saturated heterocycles. The van der Waals surface area contributed by atoms with Crippen LogP contribution in [0.3, 0.4) is 0 Å². The summed E-state index contributed by atoms with van der Waals surface area (Å²) in [5.74, 6) is 2.62. The van der Waals surface area contributed by atoms with Crippen molar-refractivity contribution in [1.82, 2.24) is 9.97 Å². The third kappa shape index (κ3) is 5.73. The molecule has 96 valence electrons. The highest BCUT2D eigenvalue weighted by molar-refractivity contribution is 9.10. The summed E-state index contributed by atoms with van der Waals surface area (Å²) >= 11 is 5.31. The van der Waals surface area contributed by atoms with E-state index in [1.165, 1.54) is 0 Å². The molecule has 0 spiro atoms. The van der Waals surface area contributed by atoms with E-state index in [4.69, 9.17) is 0 Å². The minimum Gasteiger partial charge on any atom is -0.369 e. The maximum Gasteiger partial charge on any atom is 0.144 e. The van der Waals surface area contributed by atoms with Crippen LogP contribution in [0.2, 0.25) is 0 Å². The number of nitrogens with zero attached hydrogens (tertiary/aromatic N) is 2. The van der Waals surface area contributed by atoms with Crippen molar-refractivity contribution >= 4 is 33.5 Å². The fourth-order valence-corrected chi connectivity index (χ4v) is 2.15. The predicted molar refractivity (Wildman–Crippen MR) is 79.6 cm³/mol. The summed E-state index contributed by atoms with van der Waals surface area (Å²) in [6.45, 7) is 9.67. The van der Waals surface area contributed by atoms with Gasteiger partial charge in [-0.3, -0.25) is 0 Å². The summed E-state index contributed by atoms with van der Waals surface area (Å²) in [5.41, 5.74) is 0. The lowest BCUT2D eigenvalue weighted by atomic mass is 10.3. The first-order valence-electron chi connectivity index (χ1n) is 5.81. The minimum absolute atomic E-state index is 0.243. The number of rotatable bonds is 5. The van der Waals surface area contributed by atoms with Crippen LogP contribution in [0, 0.1) is 0 Å². The maximum absolute atomic E-state index is 4.52. The minimum atomic E-state index is 0.243. The lowest BCUT2D eigenvalue weighted by molar-refractivity contribution is 0.800. The van der Waals surface area contributed by atoms with Gasteiger partial charge < -0.3 is 5.32 Å². The molecule has 1 N–H and O–H groups in total. The van der Waals surface area contributed by atoms with Crippen LogP contribution in [0.15, 0.2) is 10.7 Å². The molecule has 0 aliphatic carbocycles. The van der Waals surface area contributed by atoms with Gasteiger partial charge in [-0.25, -0.2) is 9.97 Å². The van der Waals surface area contributed by atoms with E-state index < -0.39 is 0 Å². The molecule has 0 aliphatic heterocycles. The number of hydrogen-bond donors (Lipinski definition) is 1. The Morgan fingerprint density at radius 1 is 1.41 bits per heavy atom. The van der Waals surface area contributed by atoms with Gasteiger partial charge >= 0.3 is 0 Å². The second-order valence-corrected chi connectivity index (χ2v) is 7.47. The molecule has 1 heterocycles. The topological polar surface area (TPSA) is 37.8 Å². The zero-order valence-electron chi connectivity index (χ0n) is 10.9. The fraction of sp³-hybridized carbons (Fsp3) is 0.667. The number of thioether (sulfide) groups is 1. The monoisotopic (exact) mass is 317 g/mol. The van der Waals surface area contributed by atoms with E-state index in [0.29, 0.717) is 0 Å². The summed E-state index contributed by atoms with van der Waals surface area (Å²) in [7, 11) is 0. The van der Waals surface area contributed by atoms with Gasteiger partial charge in [0.05, 0.1) is 10.2 Å². The first-order chi connectivity index (χ1) is 7.92. The lowest BCUT2D eigenvalue weighted by Gasteiger charge is -2.17. The van der Waals surface area contributed by atoms with Gasteiger partial charge in [-0.1, -0.05) is 27.7 Å². The van der Waals surface area contributed by atoms with Gasteiger partial charge in [0.25, 0.3) is 0 Å². The highest BCUT2D eigenvalue weighted by Gasteiger charge is 2.12. The first kappa shape index (κ1) is 14.8. The van der Waals surface area contributed by atoms with Crippen molar-refractivity contribution in [1.29, 1.82) is 0 Å². The van der Waals surface area contributed by atoms with Gasteiger partial charge in [0, 0.05) is 17.5 Å². The van der Waals surface area contributed by atoms with Crippen molar-refractivity contribution in [3.63, 3.8) is 0 Å². The number of anilines is 1. The molecule has 0 unspecified atom stereocenters. The second kappa shape index (κ2) is 6.59. The lowest BCUT2D eigenvalue weighted by Crippen LogP contribution is -2.10. The molecule has 1 aromatic heterocycles. The van der Waals surface area contributed by atoms with Crippen LogP contribution < -0.4 is 5.32 Å². The zero-order valence-corrected chi connectivity index (χ0v) is 13.3. The quantitative estimate of drug-likeness (QED) is 0.887. The van der Waals surface area contributed by atoms with Crippen molar-refractivity contribution < 1.29 is 0 Å². The fourth-order valence-electron chi connectivity index (χ4n) is 1.12. The molecule has 0 atom stereocenters. The zero-order chi connectivity index (χ0) is 12.9. The van der Waals surface area contributed by atoms with Crippen LogP contribution in [-0.2, 0) is 5.75 Å². The molecule has 0 aliphatic rings. The van der Waals surface area contributed by atoms with Crippen LogP contribution in [-0.4, -0.2) is 21.3 Å². The molecule has 1 rings (SSSR count). The maximum atomic E-state index is 4.52. The molecule has 0 radical (unpaired) electrons. The van der Waals surface area contributed by atoms with E-state index in [2.05, 4.69) is 58.9 Å². The molecule has 1 aromatic rings. The molecule has 0 aromatic carbocycles. The van der Waals surface area contributed by atoms with Gasteiger partial charge in [-0.2, -0.15) is 0 Å². The summed E-state index contributed by atoms with van der Waals surface area (Å²) in [5, 5.41) is 3.29. The van der Waals surface area contributed by atoms with Gasteiger partial charge in [0.1, 0.15) is 11.6 Å². The van der Waals surface area contributed by atoms with Crippen LogP contribution in [0.25, 0.3) is 0 Å². The third-order valence-corrected chi connectivity index (χ3v) is 3.82. The average molecular weight is 318 g/mol. The number of halogens is 1. The first-order valence-corrected chi connectivity index (χ1v) is 7.59. The van der Waals surface area contributed by atoms with Crippen LogP contribution in [0.5, 0.6) is 0 Å². The van der Waals surface area contributed by atoms with Crippen molar-refractivity contribution in [3.05, 3.63) is 16.5 Å². The highest BCUT2D eigenvalue weighted by atomic mass is 79.9. The number of hydrogen-bond acceptors (Lipinski definition) is 4. The molecule has 17 heavy (non-hydrogen) atoms. The Balaban J connectivity index is 2.67. The Kier molecular flexibility index (Phi) is 5.73. The average Bonchev–Trinajstić information content (AvgIpc) is 2.25. The Bertz CT molecular complexity index is 363. The van der Waals surface area contributed by atoms with E-state index in [1.807, 2.05) is 18.0 Å². The molecular formula is C12H20BrN3S. The van der Waals surface area contributed by atoms with Crippen LogP contribution in [0.4, 0.5) is 5.82 Å². The molecule has 3 nitrogen and oxygen atoms in total. The Labute approximate surface area is 116 Å². The van der Waals surface area contributed by atoms with Gasteiger partial charge in [-0.05, 0) is 22.4 Å². The third-order valence-electron chi connectivity index (χ3n) is 1.97. The summed E-state index contributed by atoms with van der Waals surface area (Å²) in [6.07, 6.45) is 2.91. The molecule has 0 saturated carbocycles. The summed E-state index contributed by atoms with van der Waals surface area (Å²) < 4.78 is 1.17. The van der Waals surface area contributed by atoms with Gasteiger partial charge in [0.2, 0.25) is 0 Å². The Morgan fingerprint density at radius 3 is 2.71 bits per heavy atom. The number of nitrogens with one attached hydrogen (secondary N) is 1. The Morgan fingerprint density at radius 2 is 2.12 bits per heavy atom. The van der Waals surface area contributed by atoms with Crippen LogP contribution in [0.1, 0.15) is 39.9 Å². The molecule has 0 bridgehead atoms. The van der Waals surface area contributed by atoms with Gasteiger partial charge in [0.15, 0.2) is 0 Å². The second-order valence-electron chi connectivity index (χ2n) is 4.81. The normalized spacial score (nSPS) is 11.6. The van der Waals surface area contributed by atoms with E-state index >= 15 is 0 Å². The summed E-state index contributed by atoms with van der Waals surface area (Å²) in [6, 6.07) is 0. The highest BCUT2D eigenvalue weighted by Crippen LogP contribution is 2.27. The standard InChI is InChI=1S/C12H20BrN3S/c1-5-6-14-11-9(13)7-15-10(16-11)8-17-12(2,3)4/h7H,5-6,8H2,1-4H3,(H,14,15,16). The van der Waals surface area contributed by atoms with Gasteiger partial charge in [-0.15, -0.1) is 11.8 Å². The summed E-state index contributed by atoms with van der Waals surface area (Å²) in [4.78, 5) is 8.85. The van der Waals surface area contributed by atoms with E-state index in [9.17, 15) is 0 Å². The van der Waals surface area contributed by atoms with Crippen molar-refractivity contribution in [3.8, 4) is 0 Å². The van der Waals surface area contributed by atoms with E-state index in [1.54, 1.807) is 0 Å². The van der Waals surface area contributed by atoms with E-state index in [0.717, 1.165) is 34.8 Å². The molecule has 0 fully saturated rings. The van der Waals surface area contributed by atoms with Crippen molar-refractivity contribution in [2.24, 2.45) is 0 Å². The largest absolute Gasteiger partial charge is 0.369 e. The number of aromatic nitrogens is 2. The molecule has 0 amide bonds. The Hall–Kier alpha value is -0.290. The molecular weight excluding hydrogens is 298 g/mol. The van der Waals surface area contributed by atoms with Crippen molar-refractivity contribution in [2.45, 2.75) is 44.6 Å². The molecule has 5 heteroatoms. The smallest absolute Gasteiger partial charge is 0.144 e. The SMILES string of the molecule is CCCNc1nc(CSC(C)(C)C)ncc1Br. The van der Waals surface area contributed by atoms with Crippen molar-refractivity contribution in [2.75, 3.05) is 11.9 Å². The predicted octanol–water partition coefficient (Wildman–Crippen LogP) is 4.09.